The van der Waals surface area contributed by atoms with Gasteiger partial charge in [0.1, 0.15) is 11.5 Å². The van der Waals surface area contributed by atoms with E-state index in [4.69, 9.17) is 14.6 Å². The second kappa shape index (κ2) is 6.68. The SMILES string of the molecule is COc1cc(OC)cc(C(=O)N(CC(C)C(=O)O)C2CC2)c1. The number of hydrogen-bond donors (Lipinski definition) is 1. The van der Waals surface area contributed by atoms with Gasteiger partial charge in [0.05, 0.1) is 20.1 Å². The van der Waals surface area contributed by atoms with Crippen molar-refractivity contribution in [1.82, 2.24) is 4.90 Å². The van der Waals surface area contributed by atoms with Gasteiger partial charge in [0.2, 0.25) is 0 Å². The standard InChI is InChI=1S/C16H21NO5/c1-10(16(19)20)9-17(12-4-5-12)15(18)11-6-13(21-2)8-14(7-11)22-3/h6-8,10,12H,4-5,9H2,1-3H3,(H,19,20). The highest BCUT2D eigenvalue weighted by atomic mass is 16.5. The molecule has 1 aromatic rings. The predicted molar refractivity (Wildman–Crippen MR) is 80.4 cm³/mol. The molecule has 0 heterocycles. The number of hydrogen-bond acceptors (Lipinski definition) is 4. The lowest BCUT2D eigenvalue weighted by atomic mass is 10.1. The number of carboxylic acid groups (broad SMARTS) is 1. The van der Waals surface area contributed by atoms with Crippen molar-refractivity contribution in [1.29, 1.82) is 0 Å². The Balaban J connectivity index is 2.25. The molecule has 0 saturated heterocycles. The van der Waals surface area contributed by atoms with Crippen LogP contribution in [0.2, 0.25) is 0 Å². The zero-order valence-corrected chi connectivity index (χ0v) is 13.0. The first-order valence-electron chi connectivity index (χ1n) is 7.23. The minimum absolute atomic E-state index is 0.131. The van der Waals surface area contributed by atoms with E-state index < -0.39 is 11.9 Å². The first-order chi connectivity index (χ1) is 10.5. The number of ether oxygens (including phenoxy) is 2. The van der Waals surface area contributed by atoms with Crippen LogP contribution in [0.3, 0.4) is 0 Å². The molecule has 1 amide bonds. The van der Waals surface area contributed by atoms with Crippen LogP contribution in [0.15, 0.2) is 18.2 Å². The summed E-state index contributed by atoms with van der Waals surface area (Å²) in [5.74, 6) is -0.624. The van der Waals surface area contributed by atoms with Gasteiger partial charge >= 0.3 is 5.97 Å². The average Bonchev–Trinajstić information content (AvgIpc) is 3.35. The Morgan fingerprint density at radius 1 is 1.23 bits per heavy atom. The van der Waals surface area contributed by atoms with Crippen molar-refractivity contribution in [3.63, 3.8) is 0 Å². The highest BCUT2D eigenvalue weighted by Crippen LogP contribution is 2.31. The van der Waals surface area contributed by atoms with Gasteiger partial charge in [-0.15, -0.1) is 0 Å². The minimum Gasteiger partial charge on any atom is -0.497 e. The van der Waals surface area contributed by atoms with E-state index in [9.17, 15) is 9.59 Å². The Labute approximate surface area is 129 Å². The molecule has 2 rings (SSSR count). The van der Waals surface area contributed by atoms with Crippen molar-refractivity contribution in [2.24, 2.45) is 5.92 Å². The number of amides is 1. The largest absolute Gasteiger partial charge is 0.497 e. The van der Waals surface area contributed by atoms with Crippen LogP contribution in [0.1, 0.15) is 30.1 Å². The maximum atomic E-state index is 12.7. The summed E-state index contributed by atoms with van der Waals surface area (Å²) in [7, 11) is 3.04. The lowest BCUT2D eigenvalue weighted by Gasteiger charge is -2.24. The fourth-order valence-electron chi connectivity index (χ4n) is 2.25. The molecule has 6 heteroatoms. The third kappa shape index (κ3) is 3.69. The van der Waals surface area contributed by atoms with Gasteiger partial charge < -0.3 is 19.5 Å². The van der Waals surface area contributed by atoms with E-state index in [1.165, 1.54) is 14.2 Å². The van der Waals surface area contributed by atoms with Crippen LogP contribution in [0.25, 0.3) is 0 Å². The Morgan fingerprint density at radius 3 is 2.18 bits per heavy atom. The van der Waals surface area contributed by atoms with Crippen LogP contribution in [-0.2, 0) is 4.79 Å². The maximum Gasteiger partial charge on any atom is 0.308 e. The van der Waals surface area contributed by atoms with Crippen molar-refractivity contribution in [3.05, 3.63) is 23.8 Å². The van der Waals surface area contributed by atoms with E-state index in [1.807, 2.05) is 0 Å². The number of methoxy groups -OCH3 is 2. The van der Waals surface area contributed by atoms with Crippen LogP contribution >= 0.6 is 0 Å². The molecule has 6 nitrogen and oxygen atoms in total. The van der Waals surface area contributed by atoms with E-state index in [2.05, 4.69) is 0 Å². The summed E-state index contributed by atoms with van der Waals surface area (Å²) in [5, 5.41) is 9.07. The summed E-state index contributed by atoms with van der Waals surface area (Å²) in [6, 6.07) is 5.11. The normalized spacial score (nSPS) is 15.0. The second-order valence-electron chi connectivity index (χ2n) is 5.53. The number of benzene rings is 1. The molecule has 1 atom stereocenters. The van der Waals surface area contributed by atoms with Crippen molar-refractivity contribution in [2.75, 3.05) is 20.8 Å². The third-order valence-corrected chi connectivity index (χ3v) is 3.74. The summed E-state index contributed by atoms with van der Waals surface area (Å²) in [6.45, 7) is 1.81. The summed E-state index contributed by atoms with van der Waals surface area (Å²) in [5.41, 5.74) is 0.445. The summed E-state index contributed by atoms with van der Waals surface area (Å²) in [6.07, 6.45) is 1.83. The molecule has 0 aliphatic heterocycles. The molecule has 1 fully saturated rings. The van der Waals surface area contributed by atoms with Crippen molar-refractivity contribution in [3.8, 4) is 11.5 Å². The molecule has 0 radical (unpaired) electrons. The summed E-state index contributed by atoms with van der Waals surface area (Å²) >= 11 is 0. The van der Waals surface area contributed by atoms with Gasteiger partial charge in [0.15, 0.2) is 0 Å². The van der Waals surface area contributed by atoms with E-state index in [0.29, 0.717) is 17.1 Å². The lowest BCUT2D eigenvalue weighted by Crippen LogP contribution is -2.38. The molecule has 120 valence electrons. The predicted octanol–water partition coefficient (Wildman–Crippen LogP) is 2.03. The third-order valence-electron chi connectivity index (χ3n) is 3.74. The molecule has 0 spiro atoms. The molecule has 1 N–H and O–H groups in total. The summed E-state index contributed by atoms with van der Waals surface area (Å²) in [4.78, 5) is 25.4. The van der Waals surface area contributed by atoms with E-state index >= 15 is 0 Å². The van der Waals surface area contributed by atoms with Crippen molar-refractivity contribution in [2.45, 2.75) is 25.8 Å². The minimum atomic E-state index is -0.901. The van der Waals surface area contributed by atoms with Gasteiger partial charge in [-0.25, -0.2) is 0 Å². The number of carboxylic acids is 1. The molecule has 0 bridgehead atoms. The van der Waals surface area contributed by atoms with Gasteiger partial charge in [0, 0.05) is 24.2 Å². The average molecular weight is 307 g/mol. The highest BCUT2D eigenvalue weighted by Gasteiger charge is 2.35. The van der Waals surface area contributed by atoms with Crippen molar-refractivity contribution < 1.29 is 24.2 Å². The van der Waals surface area contributed by atoms with E-state index in [0.717, 1.165) is 12.8 Å². The summed E-state index contributed by atoms with van der Waals surface area (Å²) < 4.78 is 10.4. The van der Waals surface area contributed by atoms with Crippen LogP contribution in [0, 0.1) is 5.92 Å². The van der Waals surface area contributed by atoms with Crippen molar-refractivity contribution >= 4 is 11.9 Å². The van der Waals surface area contributed by atoms with Crippen LogP contribution in [0.4, 0.5) is 0 Å². The van der Waals surface area contributed by atoms with Crippen LogP contribution < -0.4 is 9.47 Å². The van der Waals surface area contributed by atoms with Gasteiger partial charge in [-0.05, 0) is 25.0 Å². The number of nitrogens with zero attached hydrogens (tertiary/aromatic N) is 1. The number of carbonyl (C=O) groups is 2. The zero-order valence-electron chi connectivity index (χ0n) is 13.0. The number of rotatable bonds is 7. The molecule has 1 aromatic carbocycles. The smallest absolute Gasteiger partial charge is 0.308 e. The lowest BCUT2D eigenvalue weighted by molar-refractivity contribution is -0.141. The molecular formula is C16H21NO5. The number of carbonyl (C=O) groups excluding carboxylic acids is 1. The first kappa shape index (κ1) is 16.1. The van der Waals surface area contributed by atoms with E-state index in [1.54, 1.807) is 30.0 Å². The van der Waals surface area contributed by atoms with Gasteiger partial charge in [-0.1, -0.05) is 6.92 Å². The molecular weight excluding hydrogens is 286 g/mol. The Morgan fingerprint density at radius 2 is 1.77 bits per heavy atom. The number of aliphatic carboxylic acids is 1. The molecule has 1 unspecified atom stereocenters. The fourth-order valence-corrected chi connectivity index (χ4v) is 2.25. The second-order valence-corrected chi connectivity index (χ2v) is 5.53. The first-order valence-corrected chi connectivity index (χ1v) is 7.23. The molecule has 0 aromatic heterocycles. The quantitative estimate of drug-likeness (QED) is 0.834. The Kier molecular flexibility index (Phi) is 4.90. The Hall–Kier alpha value is -2.24. The van der Waals surface area contributed by atoms with Gasteiger partial charge in [0.25, 0.3) is 5.91 Å². The molecule has 1 aliphatic rings. The zero-order chi connectivity index (χ0) is 16.3. The molecule has 1 aliphatic carbocycles. The van der Waals surface area contributed by atoms with E-state index in [-0.39, 0.29) is 18.5 Å². The van der Waals surface area contributed by atoms with Crippen LogP contribution in [0.5, 0.6) is 11.5 Å². The maximum absolute atomic E-state index is 12.7. The monoisotopic (exact) mass is 307 g/mol. The fraction of sp³-hybridized carbons (Fsp3) is 0.500. The molecule has 1 saturated carbocycles. The van der Waals surface area contributed by atoms with Crippen LogP contribution in [-0.4, -0.2) is 48.7 Å². The topological polar surface area (TPSA) is 76.1 Å². The molecule has 22 heavy (non-hydrogen) atoms. The van der Waals surface area contributed by atoms with Gasteiger partial charge in [-0.3, -0.25) is 9.59 Å². The highest BCUT2D eigenvalue weighted by molar-refractivity contribution is 5.95. The van der Waals surface area contributed by atoms with Gasteiger partial charge in [-0.2, -0.15) is 0 Å². The Bertz CT molecular complexity index is 545.